The van der Waals surface area contributed by atoms with Crippen molar-refractivity contribution in [1.82, 2.24) is 20.4 Å². The number of nitrogens with one attached hydrogen (secondary N) is 2. The summed E-state index contributed by atoms with van der Waals surface area (Å²) in [6, 6.07) is 14.2. The Morgan fingerprint density at radius 2 is 1.68 bits per heavy atom. The molecule has 0 saturated carbocycles. The molecule has 0 radical (unpaired) electrons. The van der Waals surface area contributed by atoms with Crippen LogP contribution >= 0.6 is 0 Å². The highest BCUT2D eigenvalue weighted by Crippen LogP contribution is 2.31. The van der Waals surface area contributed by atoms with Gasteiger partial charge in [0.1, 0.15) is 17.8 Å². The van der Waals surface area contributed by atoms with Gasteiger partial charge < -0.3 is 25.2 Å². The number of ketones is 1. The molecule has 2 N–H and O–H groups in total. The zero-order chi connectivity index (χ0) is 28.2. The second-order valence-electron chi connectivity index (χ2n) is 11.0. The van der Waals surface area contributed by atoms with E-state index in [4.69, 9.17) is 4.74 Å². The lowest BCUT2D eigenvalue weighted by Gasteiger charge is -2.30. The van der Waals surface area contributed by atoms with Crippen molar-refractivity contribution in [3.63, 3.8) is 0 Å². The standard InChI is InChI=1S/C30H37N5O5/c1-20(2)18-24(32-28(37)21-8-10-22(11-9-21)33-16-13-31-14-17-33)29(38)34-15-12-25-27(34)26(36)19-35(25)30(39)40-23-6-4-3-5-7-23/h3-11,20,24-25,27,31H,12-19H2,1-2H3,(H,32,37). The molecule has 0 bridgehead atoms. The number of hydrogen-bond donors (Lipinski definition) is 2. The molecule has 0 spiro atoms. The van der Waals surface area contributed by atoms with Crippen LogP contribution in [0.3, 0.4) is 0 Å². The highest BCUT2D eigenvalue weighted by Gasteiger charge is 2.52. The first-order valence-corrected chi connectivity index (χ1v) is 14.0. The quantitative estimate of drug-likeness (QED) is 0.547. The lowest BCUT2D eigenvalue weighted by Crippen LogP contribution is -2.53. The number of fused-ring (bicyclic) bond motifs is 1. The van der Waals surface area contributed by atoms with Crippen molar-refractivity contribution in [2.75, 3.05) is 44.2 Å². The van der Waals surface area contributed by atoms with E-state index in [1.54, 1.807) is 41.3 Å². The van der Waals surface area contributed by atoms with Crippen LogP contribution in [0, 0.1) is 5.92 Å². The summed E-state index contributed by atoms with van der Waals surface area (Å²) in [5.41, 5.74) is 1.54. The van der Waals surface area contributed by atoms with Crippen molar-refractivity contribution in [2.45, 2.75) is 44.8 Å². The third-order valence-corrected chi connectivity index (χ3v) is 7.81. The van der Waals surface area contributed by atoms with Crippen molar-refractivity contribution in [2.24, 2.45) is 5.92 Å². The molecule has 3 aliphatic heterocycles. The van der Waals surface area contributed by atoms with Gasteiger partial charge >= 0.3 is 6.09 Å². The fourth-order valence-corrected chi connectivity index (χ4v) is 5.85. The average Bonchev–Trinajstić information content (AvgIpc) is 3.54. The zero-order valence-corrected chi connectivity index (χ0v) is 23.0. The number of carbonyl (C=O) groups excluding carboxylic acids is 4. The van der Waals surface area contributed by atoms with Crippen LogP contribution in [0.1, 0.15) is 37.0 Å². The maximum atomic E-state index is 13.8. The number of benzene rings is 2. The minimum Gasteiger partial charge on any atom is -0.410 e. The van der Waals surface area contributed by atoms with E-state index in [2.05, 4.69) is 15.5 Å². The van der Waals surface area contributed by atoms with Gasteiger partial charge in [-0.2, -0.15) is 0 Å². The first-order chi connectivity index (χ1) is 19.3. The lowest BCUT2D eigenvalue weighted by molar-refractivity contribution is -0.138. The van der Waals surface area contributed by atoms with E-state index in [0.29, 0.717) is 30.7 Å². The van der Waals surface area contributed by atoms with Gasteiger partial charge in [-0.25, -0.2) is 4.79 Å². The SMILES string of the molecule is CC(C)CC(NC(=O)c1ccc(N2CCNCC2)cc1)C(=O)N1CCC2C1C(=O)CN2C(=O)Oc1ccccc1. The minimum atomic E-state index is -0.780. The molecule has 3 unspecified atom stereocenters. The van der Waals surface area contributed by atoms with Crippen molar-refractivity contribution >= 4 is 29.4 Å². The second-order valence-corrected chi connectivity index (χ2v) is 11.0. The van der Waals surface area contributed by atoms with Gasteiger partial charge in [0.05, 0.1) is 12.6 Å². The fourth-order valence-electron chi connectivity index (χ4n) is 5.85. The number of hydrogen-bond acceptors (Lipinski definition) is 7. The molecule has 3 fully saturated rings. The van der Waals surface area contributed by atoms with E-state index in [1.165, 1.54) is 4.90 Å². The molecule has 3 atom stereocenters. The van der Waals surface area contributed by atoms with Crippen molar-refractivity contribution in [3.8, 4) is 5.75 Å². The van der Waals surface area contributed by atoms with E-state index in [-0.39, 0.29) is 30.1 Å². The normalized spacial score (nSPS) is 21.4. The number of anilines is 1. The summed E-state index contributed by atoms with van der Waals surface area (Å²) in [6.07, 6.45) is 0.310. The largest absolute Gasteiger partial charge is 0.415 e. The Labute approximate surface area is 234 Å². The summed E-state index contributed by atoms with van der Waals surface area (Å²) >= 11 is 0. The molecule has 3 saturated heterocycles. The van der Waals surface area contributed by atoms with Gasteiger partial charge in [0.15, 0.2) is 5.78 Å². The maximum Gasteiger partial charge on any atom is 0.415 e. The van der Waals surface area contributed by atoms with Crippen LogP contribution in [0.2, 0.25) is 0 Å². The minimum absolute atomic E-state index is 0.106. The van der Waals surface area contributed by atoms with Gasteiger partial charge in [-0.15, -0.1) is 0 Å². The van der Waals surface area contributed by atoms with Crippen LogP contribution in [-0.2, 0) is 9.59 Å². The topological polar surface area (TPSA) is 111 Å². The summed E-state index contributed by atoms with van der Waals surface area (Å²) in [5, 5.41) is 6.26. The molecule has 3 heterocycles. The smallest absolute Gasteiger partial charge is 0.410 e. The summed E-state index contributed by atoms with van der Waals surface area (Å²) in [7, 11) is 0. The Morgan fingerprint density at radius 1 is 0.975 bits per heavy atom. The van der Waals surface area contributed by atoms with E-state index in [1.807, 2.05) is 32.0 Å². The molecule has 5 rings (SSSR count). The monoisotopic (exact) mass is 547 g/mol. The molecule has 10 nitrogen and oxygen atoms in total. The van der Waals surface area contributed by atoms with E-state index in [9.17, 15) is 19.2 Å². The van der Waals surface area contributed by atoms with Crippen LogP contribution in [0.25, 0.3) is 0 Å². The second kappa shape index (κ2) is 12.1. The number of para-hydroxylation sites is 1. The van der Waals surface area contributed by atoms with Gasteiger partial charge in [0, 0.05) is 44.0 Å². The Bertz CT molecular complexity index is 1230. The van der Waals surface area contributed by atoms with Gasteiger partial charge in [0.2, 0.25) is 5.91 Å². The van der Waals surface area contributed by atoms with Gasteiger partial charge in [-0.1, -0.05) is 32.0 Å². The molecule has 40 heavy (non-hydrogen) atoms. The van der Waals surface area contributed by atoms with Crippen LogP contribution in [0.4, 0.5) is 10.5 Å². The summed E-state index contributed by atoms with van der Waals surface area (Å²) in [5.74, 6) is -0.278. The van der Waals surface area contributed by atoms with Crippen LogP contribution in [0.15, 0.2) is 54.6 Å². The third kappa shape index (κ3) is 5.96. The lowest BCUT2D eigenvalue weighted by atomic mass is 10.0. The number of piperazine rings is 1. The van der Waals surface area contributed by atoms with Gasteiger partial charge in [-0.3, -0.25) is 19.3 Å². The fraction of sp³-hybridized carbons (Fsp3) is 0.467. The van der Waals surface area contributed by atoms with E-state index >= 15 is 0 Å². The van der Waals surface area contributed by atoms with Crippen LogP contribution in [-0.4, -0.2) is 90.9 Å². The summed E-state index contributed by atoms with van der Waals surface area (Å²) < 4.78 is 5.47. The van der Waals surface area contributed by atoms with Crippen molar-refractivity contribution in [1.29, 1.82) is 0 Å². The first-order valence-electron chi connectivity index (χ1n) is 14.0. The number of amides is 3. The molecular formula is C30H37N5O5. The molecule has 0 aromatic heterocycles. The van der Waals surface area contributed by atoms with E-state index in [0.717, 1.165) is 31.9 Å². The Kier molecular flexibility index (Phi) is 8.35. The molecule has 212 valence electrons. The number of carbonyl (C=O) groups is 4. The summed E-state index contributed by atoms with van der Waals surface area (Å²) in [6.45, 7) is 7.88. The highest BCUT2D eigenvalue weighted by molar-refractivity contribution is 6.00. The molecule has 2 aromatic carbocycles. The van der Waals surface area contributed by atoms with Crippen LogP contribution < -0.4 is 20.3 Å². The maximum absolute atomic E-state index is 13.8. The van der Waals surface area contributed by atoms with Crippen molar-refractivity contribution in [3.05, 3.63) is 60.2 Å². The van der Waals surface area contributed by atoms with Gasteiger partial charge in [-0.05, 0) is 55.2 Å². The Hall–Kier alpha value is -3.92. The molecule has 0 aliphatic carbocycles. The number of rotatable bonds is 7. The highest BCUT2D eigenvalue weighted by atomic mass is 16.6. The van der Waals surface area contributed by atoms with E-state index < -0.39 is 24.2 Å². The van der Waals surface area contributed by atoms with Crippen LogP contribution in [0.5, 0.6) is 5.75 Å². The molecule has 3 amide bonds. The zero-order valence-electron chi connectivity index (χ0n) is 23.0. The average molecular weight is 548 g/mol. The predicted molar refractivity (Wildman–Crippen MR) is 150 cm³/mol. The Morgan fingerprint density at radius 3 is 2.35 bits per heavy atom. The third-order valence-electron chi connectivity index (χ3n) is 7.81. The number of likely N-dealkylation sites (tertiary alicyclic amines) is 2. The van der Waals surface area contributed by atoms with Gasteiger partial charge in [0.25, 0.3) is 5.91 Å². The molecule has 2 aromatic rings. The molecule has 10 heteroatoms. The molecule has 3 aliphatic rings. The first kappa shape index (κ1) is 27.6. The van der Waals surface area contributed by atoms with Crippen molar-refractivity contribution < 1.29 is 23.9 Å². The summed E-state index contributed by atoms with van der Waals surface area (Å²) in [4.78, 5) is 58.1. The Balaban J connectivity index is 1.25. The number of nitrogens with zero attached hydrogens (tertiary/aromatic N) is 3. The molecular weight excluding hydrogens is 510 g/mol. The number of ether oxygens (including phenoxy) is 1. The number of Topliss-reactive ketones (excluding diaryl/α,β-unsaturated/α-hetero) is 1. The predicted octanol–water partition coefficient (Wildman–Crippen LogP) is 2.29.